The Morgan fingerprint density at radius 2 is 1.66 bits per heavy atom. The Balaban J connectivity index is 1.16. The van der Waals surface area contributed by atoms with Gasteiger partial charge in [0, 0.05) is 45.7 Å². The van der Waals surface area contributed by atoms with Gasteiger partial charge in [-0.05, 0) is 90.8 Å². The van der Waals surface area contributed by atoms with E-state index in [0.717, 1.165) is 37.2 Å². The molecule has 0 aliphatic carbocycles. The molecule has 13 nitrogen and oxygen atoms in total. The molecule has 0 radical (unpaired) electrons. The van der Waals surface area contributed by atoms with Crippen LogP contribution in [-0.4, -0.2) is 136 Å². The molecule has 3 aromatic carbocycles. The van der Waals surface area contributed by atoms with Gasteiger partial charge in [-0.15, -0.1) is 5.10 Å². The maximum atomic E-state index is 14.3. The molecule has 0 spiro atoms. The first-order chi connectivity index (χ1) is 25.6. The second kappa shape index (κ2) is 17.1. The number of carboxylic acid groups (broad SMARTS) is 1. The number of piperazine rings is 1. The van der Waals surface area contributed by atoms with Crippen molar-refractivity contribution in [2.45, 2.75) is 30.6 Å². The number of hydrogen-bond acceptors (Lipinski definition) is 9. The van der Waals surface area contributed by atoms with Crippen molar-refractivity contribution >= 4 is 41.0 Å². The van der Waals surface area contributed by atoms with Crippen LogP contribution in [0.3, 0.4) is 0 Å². The molecule has 1 aromatic heterocycles. The minimum absolute atomic E-state index is 0.0166. The first kappa shape index (κ1) is 38.2. The number of amides is 2. The normalized spacial score (nSPS) is 16.9. The number of aromatic nitrogens is 4. The number of rotatable bonds is 13. The van der Waals surface area contributed by atoms with E-state index in [9.17, 15) is 19.5 Å². The maximum Gasteiger partial charge on any atom is 0.317 e. The number of benzene rings is 3. The summed E-state index contributed by atoms with van der Waals surface area (Å²) in [7, 11) is 3.31. The van der Waals surface area contributed by atoms with E-state index in [2.05, 4.69) is 32.6 Å². The summed E-state index contributed by atoms with van der Waals surface area (Å²) in [5.41, 5.74) is 2.35. The highest BCUT2D eigenvalue weighted by Crippen LogP contribution is 2.38. The van der Waals surface area contributed by atoms with E-state index >= 15 is 0 Å². The second-order valence-electron chi connectivity index (χ2n) is 13.7. The van der Waals surface area contributed by atoms with E-state index in [4.69, 9.17) is 27.9 Å². The number of tetrazole rings is 1. The van der Waals surface area contributed by atoms with E-state index in [0.29, 0.717) is 72.6 Å². The molecule has 3 heterocycles. The molecule has 1 unspecified atom stereocenters. The van der Waals surface area contributed by atoms with Gasteiger partial charge in [0.05, 0.1) is 40.4 Å². The van der Waals surface area contributed by atoms with Gasteiger partial charge in [0.1, 0.15) is 12.1 Å². The van der Waals surface area contributed by atoms with Crippen molar-refractivity contribution in [3.05, 3.63) is 99.8 Å². The van der Waals surface area contributed by atoms with Gasteiger partial charge in [0.25, 0.3) is 5.91 Å². The van der Waals surface area contributed by atoms with Crippen molar-refractivity contribution in [2.24, 2.45) is 0 Å². The zero-order valence-electron chi connectivity index (χ0n) is 29.9. The second-order valence-corrected chi connectivity index (χ2v) is 14.6. The maximum absolute atomic E-state index is 14.3. The van der Waals surface area contributed by atoms with Crippen molar-refractivity contribution in [3.8, 4) is 11.4 Å². The van der Waals surface area contributed by atoms with Gasteiger partial charge in [0.15, 0.2) is 0 Å². The fourth-order valence-electron chi connectivity index (χ4n) is 7.52. The molecular weight excluding hydrogens is 719 g/mol. The predicted octanol–water partition coefficient (Wildman–Crippen LogP) is 4.49. The number of likely N-dealkylation sites (tertiary alicyclic amines) is 1. The Morgan fingerprint density at radius 3 is 2.30 bits per heavy atom. The molecule has 4 aromatic rings. The lowest BCUT2D eigenvalue weighted by Crippen LogP contribution is -2.57. The van der Waals surface area contributed by atoms with Gasteiger partial charge in [-0.1, -0.05) is 59.6 Å². The number of methoxy groups -OCH3 is 1. The summed E-state index contributed by atoms with van der Waals surface area (Å²) in [4.78, 5) is 47.5. The smallest absolute Gasteiger partial charge is 0.317 e. The Hall–Kier alpha value is -4.56. The zero-order valence-corrected chi connectivity index (χ0v) is 31.4. The molecule has 2 aliphatic heterocycles. The fraction of sp³-hybridized carbons (Fsp3) is 0.421. The van der Waals surface area contributed by atoms with Crippen LogP contribution in [0.2, 0.25) is 10.0 Å². The molecule has 2 amide bonds. The minimum atomic E-state index is -0.857. The third-order valence-electron chi connectivity index (χ3n) is 10.5. The van der Waals surface area contributed by atoms with Crippen LogP contribution in [0.1, 0.15) is 46.7 Å². The van der Waals surface area contributed by atoms with Crippen LogP contribution >= 0.6 is 23.2 Å². The van der Waals surface area contributed by atoms with Crippen molar-refractivity contribution < 1.29 is 24.2 Å². The number of nitrogens with zero attached hydrogens (tertiary/aromatic N) is 8. The Bertz CT molecular complexity index is 1880. The number of hydrogen-bond donors (Lipinski definition) is 1. The number of carboxylic acids is 1. The highest BCUT2D eigenvalue weighted by Gasteiger charge is 2.45. The number of aliphatic carboxylic acids is 1. The highest BCUT2D eigenvalue weighted by molar-refractivity contribution is 6.42. The van der Waals surface area contributed by atoms with Crippen LogP contribution < -0.4 is 4.74 Å². The summed E-state index contributed by atoms with van der Waals surface area (Å²) < 4.78 is 7.04. The standard InChI is InChI=1S/C38H44Cl2N8O5/c1-44(36(51)31-23-30(9-11-34(31)53-2)48-26-41-42-43-48)24-28(27-8-10-32(39)33(40)22-27)12-15-45-16-13-38(14-17-45,29-6-4-3-5-7-29)37(52)47-20-18-46(19-21-47)25-35(49)50/h3-11,22-23,26,28H,12-21,24-25H2,1-2H3,(H,49,50). The van der Waals surface area contributed by atoms with E-state index in [1.807, 2.05) is 40.1 Å². The molecule has 1 N–H and O–H groups in total. The number of carbonyl (C=O) groups excluding carboxylic acids is 2. The molecule has 0 bridgehead atoms. The summed E-state index contributed by atoms with van der Waals surface area (Å²) in [6.45, 7) is 4.69. The SMILES string of the molecule is COc1ccc(-n2cnnn2)cc1C(=O)N(C)CC(CCN1CCC(C(=O)N2CCN(CC(=O)O)CC2)(c2ccccc2)CC1)c1ccc(Cl)c(Cl)c1. The molecule has 280 valence electrons. The van der Waals surface area contributed by atoms with Gasteiger partial charge < -0.3 is 24.5 Å². The molecule has 2 aliphatic rings. The number of halogens is 2. The average molecular weight is 764 g/mol. The van der Waals surface area contributed by atoms with Gasteiger partial charge in [0.2, 0.25) is 5.91 Å². The van der Waals surface area contributed by atoms with E-state index in [1.165, 1.54) is 18.1 Å². The Labute approximate surface area is 319 Å². The molecule has 6 rings (SSSR count). The van der Waals surface area contributed by atoms with Crippen molar-refractivity contribution in [3.63, 3.8) is 0 Å². The number of ether oxygens (including phenoxy) is 1. The molecule has 2 saturated heterocycles. The number of carbonyl (C=O) groups is 3. The summed E-state index contributed by atoms with van der Waals surface area (Å²) in [5, 5.41) is 21.5. The van der Waals surface area contributed by atoms with Crippen molar-refractivity contribution in [1.82, 2.24) is 39.8 Å². The van der Waals surface area contributed by atoms with Gasteiger partial charge in [-0.3, -0.25) is 19.3 Å². The van der Waals surface area contributed by atoms with Crippen molar-refractivity contribution in [2.75, 3.05) is 73.1 Å². The molecular formula is C38H44Cl2N8O5. The molecule has 53 heavy (non-hydrogen) atoms. The van der Waals surface area contributed by atoms with Crippen LogP contribution in [0, 0.1) is 0 Å². The first-order valence-electron chi connectivity index (χ1n) is 17.7. The van der Waals surface area contributed by atoms with Crippen LogP contribution in [0.4, 0.5) is 0 Å². The lowest BCUT2D eigenvalue weighted by molar-refractivity contribution is -0.142. The van der Waals surface area contributed by atoms with Crippen LogP contribution in [-0.2, 0) is 15.0 Å². The summed E-state index contributed by atoms with van der Waals surface area (Å²) in [6, 6.07) is 20.9. The highest BCUT2D eigenvalue weighted by atomic mass is 35.5. The Kier molecular flexibility index (Phi) is 12.3. The van der Waals surface area contributed by atoms with Gasteiger partial charge >= 0.3 is 5.97 Å². The predicted molar refractivity (Wildman–Crippen MR) is 201 cm³/mol. The largest absolute Gasteiger partial charge is 0.496 e. The Morgan fingerprint density at radius 1 is 0.925 bits per heavy atom. The van der Waals surface area contributed by atoms with Gasteiger partial charge in [-0.2, -0.15) is 0 Å². The van der Waals surface area contributed by atoms with Crippen LogP contribution in [0.5, 0.6) is 5.75 Å². The average Bonchev–Trinajstić information content (AvgIpc) is 3.73. The molecule has 0 saturated carbocycles. The summed E-state index contributed by atoms with van der Waals surface area (Å²) in [5.74, 6) is -0.583. The van der Waals surface area contributed by atoms with Gasteiger partial charge in [-0.25, -0.2) is 4.68 Å². The molecule has 15 heteroatoms. The fourth-order valence-corrected chi connectivity index (χ4v) is 7.82. The zero-order chi connectivity index (χ0) is 37.5. The van der Waals surface area contributed by atoms with E-state index in [-0.39, 0.29) is 24.3 Å². The quantitative estimate of drug-likeness (QED) is 0.208. The van der Waals surface area contributed by atoms with E-state index < -0.39 is 11.4 Å². The number of piperidine rings is 1. The van der Waals surface area contributed by atoms with E-state index in [1.54, 1.807) is 36.2 Å². The lowest BCUT2D eigenvalue weighted by Gasteiger charge is -2.45. The number of likely N-dealkylation sites (N-methyl/N-ethyl adjacent to an activating group) is 1. The monoisotopic (exact) mass is 762 g/mol. The molecule has 1 atom stereocenters. The summed E-state index contributed by atoms with van der Waals surface area (Å²) in [6.07, 6.45) is 3.53. The molecule has 2 fully saturated rings. The lowest BCUT2D eigenvalue weighted by atomic mass is 9.71. The van der Waals surface area contributed by atoms with Crippen LogP contribution in [0.25, 0.3) is 5.69 Å². The van der Waals surface area contributed by atoms with Crippen molar-refractivity contribution in [1.29, 1.82) is 0 Å². The topological polar surface area (TPSA) is 137 Å². The first-order valence-corrected chi connectivity index (χ1v) is 18.5. The minimum Gasteiger partial charge on any atom is -0.496 e. The summed E-state index contributed by atoms with van der Waals surface area (Å²) >= 11 is 12.8. The van der Waals surface area contributed by atoms with Crippen LogP contribution in [0.15, 0.2) is 73.1 Å². The third-order valence-corrected chi connectivity index (χ3v) is 11.3. The third kappa shape index (κ3) is 8.81.